The predicted molar refractivity (Wildman–Crippen MR) is 84.2 cm³/mol. The van der Waals surface area contributed by atoms with Gasteiger partial charge in [-0.05, 0) is 24.3 Å². The molecule has 3 rings (SSSR count). The normalized spacial score (nSPS) is 12.0. The van der Waals surface area contributed by atoms with Gasteiger partial charge in [-0.3, -0.25) is 0 Å². The van der Waals surface area contributed by atoms with Gasteiger partial charge in [0.15, 0.2) is 0 Å². The maximum Gasteiger partial charge on any atom is 0.488 e. The molecule has 1 heterocycles. The standard InChI is InChI=1S/C17H13F4N3O2/c1-25-13-7-9-14(10-8-13)26-17(20,21)16(18,19)24-11-15(22-23-24)12-5-3-2-4-6-12/h2-11H,1H3. The zero-order chi connectivity index (χ0) is 18.8. The third-order valence-corrected chi connectivity index (χ3v) is 3.51. The van der Waals surface area contributed by atoms with E-state index < -0.39 is 17.9 Å². The van der Waals surface area contributed by atoms with Gasteiger partial charge in [0.1, 0.15) is 17.2 Å². The number of alkyl halides is 4. The fourth-order valence-corrected chi connectivity index (χ4v) is 2.13. The molecule has 0 atom stereocenters. The van der Waals surface area contributed by atoms with E-state index in [9.17, 15) is 17.6 Å². The van der Waals surface area contributed by atoms with Gasteiger partial charge < -0.3 is 9.47 Å². The lowest BCUT2D eigenvalue weighted by molar-refractivity contribution is -0.351. The second kappa shape index (κ2) is 6.66. The molecule has 3 aromatic rings. The third-order valence-electron chi connectivity index (χ3n) is 3.51. The first-order valence-electron chi connectivity index (χ1n) is 7.40. The van der Waals surface area contributed by atoms with Crippen molar-refractivity contribution in [1.29, 1.82) is 0 Å². The summed E-state index contributed by atoms with van der Waals surface area (Å²) in [6, 6.07) is 8.29. The number of halogens is 4. The van der Waals surface area contributed by atoms with Crippen LogP contribution in [-0.4, -0.2) is 28.2 Å². The maximum atomic E-state index is 14.3. The van der Waals surface area contributed by atoms with Crippen LogP contribution >= 0.6 is 0 Å². The molecule has 0 spiro atoms. The van der Waals surface area contributed by atoms with Crippen molar-refractivity contribution in [1.82, 2.24) is 15.0 Å². The fourth-order valence-electron chi connectivity index (χ4n) is 2.13. The molecule has 136 valence electrons. The van der Waals surface area contributed by atoms with E-state index in [1.54, 1.807) is 30.3 Å². The van der Waals surface area contributed by atoms with Gasteiger partial charge in [0.25, 0.3) is 0 Å². The topological polar surface area (TPSA) is 49.2 Å². The van der Waals surface area contributed by atoms with Crippen molar-refractivity contribution in [2.24, 2.45) is 0 Å². The van der Waals surface area contributed by atoms with Gasteiger partial charge in [0, 0.05) is 5.56 Å². The van der Waals surface area contributed by atoms with Crippen molar-refractivity contribution in [3.05, 3.63) is 60.8 Å². The van der Waals surface area contributed by atoms with Crippen LogP contribution in [0, 0.1) is 0 Å². The Morgan fingerprint density at radius 3 is 2.12 bits per heavy atom. The van der Waals surface area contributed by atoms with Crippen LogP contribution in [0.4, 0.5) is 17.6 Å². The smallest absolute Gasteiger partial charge is 0.488 e. The fraction of sp³-hybridized carbons (Fsp3) is 0.176. The zero-order valence-electron chi connectivity index (χ0n) is 13.4. The van der Waals surface area contributed by atoms with Gasteiger partial charge >= 0.3 is 12.2 Å². The number of hydrogen-bond donors (Lipinski definition) is 0. The van der Waals surface area contributed by atoms with Gasteiger partial charge in [-0.1, -0.05) is 35.5 Å². The number of aromatic nitrogens is 3. The average Bonchev–Trinajstić information content (AvgIpc) is 3.13. The van der Waals surface area contributed by atoms with Crippen molar-refractivity contribution >= 4 is 0 Å². The average molecular weight is 367 g/mol. The minimum atomic E-state index is -4.86. The molecule has 0 amide bonds. The summed E-state index contributed by atoms with van der Waals surface area (Å²) < 4.78 is 65.5. The van der Waals surface area contributed by atoms with E-state index in [0.29, 0.717) is 11.3 Å². The molecule has 0 aliphatic rings. The summed E-state index contributed by atoms with van der Waals surface area (Å²) in [5, 5.41) is 6.66. The van der Waals surface area contributed by atoms with Crippen LogP contribution in [0.2, 0.25) is 0 Å². The van der Waals surface area contributed by atoms with Crippen LogP contribution in [0.15, 0.2) is 60.8 Å². The molecule has 9 heteroatoms. The second-order valence-corrected chi connectivity index (χ2v) is 5.25. The minimum Gasteiger partial charge on any atom is -0.497 e. The highest BCUT2D eigenvalue weighted by Crippen LogP contribution is 2.40. The predicted octanol–water partition coefficient (Wildman–Crippen LogP) is 4.17. The van der Waals surface area contributed by atoms with E-state index >= 15 is 0 Å². The number of rotatable bonds is 6. The van der Waals surface area contributed by atoms with Gasteiger partial charge in [-0.2, -0.15) is 22.2 Å². The zero-order valence-corrected chi connectivity index (χ0v) is 13.4. The Morgan fingerprint density at radius 1 is 0.885 bits per heavy atom. The van der Waals surface area contributed by atoms with Gasteiger partial charge in [-0.25, -0.2) is 0 Å². The maximum absolute atomic E-state index is 14.3. The van der Waals surface area contributed by atoms with Crippen molar-refractivity contribution in [2.45, 2.75) is 12.2 Å². The Labute approximate surface area is 145 Å². The van der Waals surface area contributed by atoms with Gasteiger partial charge in [-0.15, -0.1) is 5.10 Å². The Balaban J connectivity index is 1.84. The molecular formula is C17H13F4N3O2. The first-order chi connectivity index (χ1) is 12.3. The Morgan fingerprint density at radius 2 is 1.50 bits per heavy atom. The van der Waals surface area contributed by atoms with Crippen LogP contribution < -0.4 is 9.47 Å². The molecule has 0 fully saturated rings. The number of hydrogen-bond acceptors (Lipinski definition) is 4. The summed E-state index contributed by atoms with van der Waals surface area (Å²) in [7, 11) is 1.38. The first-order valence-corrected chi connectivity index (χ1v) is 7.40. The Bertz CT molecular complexity index is 867. The van der Waals surface area contributed by atoms with Crippen molar-refractivity contribution in [3.8, 4) is 22.8 Å². The summed E-state index contributed by atoms with van der Waals surface area (Å²) in [5.74, 6) is -0.0740. The van der Waals surface area contributed by atoms with E-state index in [4.69, 9.17) is 4.74 Å². The number of benzene rings is 2. The highest BCUT2D eigenvalue weighted by Gasteiger charge is 2.62. The molecule has 0 N–H and O–H groups in total. The van der Waals surface area contributed by atoms with Crippen LogP contribution in [0.1, 0.15) is 0 Å². The van der Waals surface area contributed by atoms with Crippen molar-refractivity contribution < 1.29 is 27.0 Å². The lowest BCUT2D eigenvalue weighted by atomic mass is 10.2. The number of nitrogens with zero attached hydrogens (tertiary/aromatic N) is 3. The highest BCUT2D eigenvalue weighted by molar-refractivity contribution is 5.57. The molecular weight excluding hydrogens is 354 g/mol. The van der Waals surface area contributed by atoms with Gasteiger partial charge in [0.05, 0.1) is 13.3 Å². The summed E-state index contributed by atoms with van der Waals surface area (Å²) in [6.07, 6.45) is -4.12. The largest absolute Gasteiger partial charge is 0.497 e. The van der Waals surface area contributed by atoms with E-state index in [0.717, 1.165) is 18.3 Å². The molecule has 0 aliphatic heterocycles. The molecule has 1 aromatic heterocycles. The molecule has 0 bridgehead atoms. The summed E-state index contributed by atoms with van der Waals surface area (Å²) in [4.78, 5) is 0. The minimum absolute atomic E-state index is 0.0329. The number of ether oxygens (including phenoxy) is 2. The SMILES string of the molecule is COc1ccc(OC(F)(F)C(F)(F)n2cc(-c3ccccc3)nn2)cc1. The quantitative estimate of drug-likeness (QED) is 0.614. The van der Waals surface area contributed by atoms with Crippen LogP contribution in [0.25, 0.3) is 11.3 Å². The lowest BCUT2D eigenvalue weighted by Crippen LogP contribution is -2.47. The van der Waals surface area contributed by atoms with E-state index in [1.165, 1.54) is 19.2 Å². The molecule has 5 nitrogen and oxygen atoms in total. The van der Waals surface area contributed by atoms with Crippen LogP contribution in [0.5, 0.6) is 11.5 Å². The summed E-state index contributed by atoms with van der Waals surface area (Å²) >= 11 is 0. The lowest BCUT2D eigenvalue weighted by Gasteiger charge is -2.25. The molecule has 0 unspecified atom stereocenters. The third kappa shape index (κ3) is 3.32. The molecule has 0 saturated heterocycles. The van der Waals surface area contributed by atoms with Crippen molar-refractivity contribution in [2.75, 3.05) is 7.11 Å². The first kappa shape index (κ1) is 17.7. The molecule has 26 heavy (non-hydrogen) atoms. The molecule has 0 radical (unpaired) electrons. The molecule has 0 aliphatic carbocycles. The van der Waals surface area contributed by atoms with Gasteiger partial charge in [0.2, 0.25) is 0 Å². The Kier molecular flexibility index (Phi) is 4.54. The van der Waals surface area contributed by atoms with Crippen LogP contribution in [-0.2, 0) is 6.05 Å². The van der Waals surface area contributed by atoms with E-state index in [-0.39, 0.29) is 10.4 Å². The number of methoxy groups -OCH3 is 1. The highest BCUT2D eigenvalue weighted by atomic mass is 19.3. The summed E-state index contributed by atoms with van der Waals surface area (Å²) in [5.41, 5.74) is 0.500. The van der Waals surface area contributed by atoms with E-state index in [1.807, 2.05) is 0 Å². The molecule has 2 aromatic carbocycles. The van der Waals surface area contributed by atoms with Crippen molar-refractivity contribution in [3.63, 3.8) is 0 Å². The van der Waals surface area contributed by atoms with Crippen LogP contribution in [0.3, 0.4) is 0 Å². The molecule has 0 saturated carbocycles. The monoisotopic (exact) mass is 367 g/mol. The Hall–Kier alpha value is -3.10. The van der Waals surface area contributed by atoms with E-state index in [2.05, 4.69) is 15.0 Å². The second-order valence-electron chi connectivity index (χ2n) is 5.25. The summed E-state index contributed by atoms with van der Waals surface area (Å²) in [6.45, 7) is 0.